The number of carbonyl (C=O) groups is 2. The van der Waals surface area contributed by atoms with E-state index in [0.717, 1.165) is 56.4 Å². The number of ether oxygens (including phenoxy) is 1. The quantitative estimate of drug-likeness (QED) is 0.183. The molecule has 1 atom stereocenters. The van der Waals surface area contributed by atoms with E-state index in [2.05, 4.69) is 43.3 Å². The summed E-state index contributed by atoms with van der Waals surface area (Å²) < 4.78 is 5.75. The lowest BCUT2D eigenvalue weighted by atomic mass is 9.69. The summed E-state index contributed by atoms with van der Waals surface area (Å²) >= 11 is 1.69. The Labute approximate surface area is 231 Å². The fraction of sp³-hybridized carbons (Fsp3) is 0.242. The Balaban J connectivity index is 1.41. The molecule has 0 aliphatic heterocycles. The van der Waals surface area contributed by atoms with Crippen LogP contribution in [0.25, 0.3) is 33.5 Å². The molecule has 6 rings (SSSR count). The number of benzene rings is 2. The molecule has 5 aromatic rings. The second-order valence-corrected chi connectivity index (χ2v) is 12.2. The van der Waals surface area contributed by atoms with Gasteiger partial charge in [-0.25, -0.2) is 9.78 Å². The van der Waals surface area contributed by atoms with Crippen LogP contribution >= 0.6 is 11.3 Å². The van der Waals surface area contributed by atoms with Gasteiger partial charge in [0.2, 0.25) is 5.78 Å². The van der Waals surface area contributed by atoms with E-state index < -0.39 is 5.97 Å². The smallest absolute Gasteiger partial charge is 0.339 e. The van der Waals surface area contributed by atoms with Crippen molar-refractivity contribution in [3.8, 4) is 0 Å². The molecule has 1 N–H and O–H groups in total. The number of rotatable bonds is 5. The van der Waals surface area contributed by atoms with Crippen molar-refractivity contribution in [2.75, 3.05) is 6.61 Å². The number of hydrogen-bond acceptors (Lipinski definition) is 5. The number of ketones is 1. The maximum absolute atomic E-state index is 13.8. The van der Waals surface area contributed by atoms with Gasteiger partial charge in [-0.2, -0.15) is 0 Å². The number of carbonyl (C=O) groups excluding carboxylic acids is 2. The first kappa shape index (κ1) is 25.3. The number of hydrogen-bond donors (Lipinski definition) is 1. The van der Waals surface area contributed by atoms with E-state index >= 15 is 0 Å². The van der Waals surface area contributed by atoms with Crippen molar-refractivity contribution in [2.45, 2.75) is 33.6 Å². The minimum absolute atomic E-state index is 0.0321. The predicted molar refractivity (Wildman–Crippen MR) is 158 cm³/mol. The molecule has 0 spiro atoms. The second kappa shape index (κ2) is 9.93. The molecule has 5 nitrogen and oxygen atoms in total. The summed E-state index contributed by atoms with van der Waals surface area (Å²) in [4.78, 5) is 36.3. The van der Waals surface area contributed by atoms with E-state index in [-0.39, 0.29) is 17.8 Å². The van der Waals surface area contributed by atoms with Crippen LogP contribution in [-0.2, 0) is 11.2 Å². The van der Waals surface area contributed by atoms with E-state index in [1.807, 2.05) is 54.6 Å². The predicted octanol–water partition coefficient (Wildman–Crippen LogP) is 7.97. The Kier molecular flexibility index (Phi) is 6.43. The van der Waals surface area contributed by atoms with Crippen LogP contribution in [0.5, 0.6) is 0 Å². The van der Waals surface area contributed by atoms with E-state index in [9.17, 15) is 9.59 Å². The molecule has 3 heterocycles. The molecule has 0 bridgehead atoms. The number of aromatic nitrogens is 2. The van der Waals surface area contributed by atoms with Gasteiger partial charge in [-0.05, 0) is 65.0 Å². The maximum atomic E-state index is 13.8. The minimum Gasteiger partial charge on any atom is -0.454 e. The molecule has 1 aliphatic rings. The van der Waals surface area contributed by atoms with Gasteiger partial charge in [0.1, 0.15) is 0 Å². The summed E-state index contributed by atoms with van der Waals surface area (Å²) in [5.74, 6) is -0.402. The first-order valence-corrected chi connectivity index (χ1v) is 14.1. The van der Waals surface area contributed by atoms with Gasteiger partial charge in [-0.3, -0.25) is 4.79 Å². The number of pyridine rings is 1. The molecular weight excluding hydrogens is 504 g/mol. The van der Waals surface area contributed by atoms with Crippen molar-refractivity contribution in [3.63, 3.8) is 0 Å². The van der Waals surface area contributed by atoms with E-state index in [1.54, 1.807) is 17.5 Å². The van der Waals surface area contributed by atoms with Gasteiger partial charge in [-0.1, -0.05) is 63.2 Å². The Bertz CT molecular complexity index is 1740. The monoisotopic (exact) mass is 534 g/mol. The second-order valence-electron chi connectivity index (χ2n) is 11.2. The third-order valence-corrected chi connectivity index (χ3v) is 8.55. The molecule has 0 fully saturated rings. The molecule has 1 aliphatic carbocycles. The van der Waals surface area contributed by atoms with Crippen molar-refractivity contribution >= 4 is 56.5 Å². The zero-order chi connectivity index (χ0) is 27.1. The molecular formula is C33H30N2O3S. The zero-order valence-corrected chi connectivity index (χ0v) is 23.1. The average Bonchev–Trinajstić information content (AvgIpc) is 3.60. The fourth-order valence-electron chi connectivity index (χ4n) is 5.50. The number of Topliss-reactive ketones (excluding diaryl/α,β-unsaturated/α-hetero) is 1. The Morgan fingerprint density at radius 1 is 1.03 bits per heavy atom. The third-order valence-electron chi connectivity index (χ3n) is 7.73. The average molecular weight is 535 g/mol. The van der Waals surface area contributed by atoms with Gasteiger partial charge in [0.25, 0.3) is 0 Å². The normalized spacial score (nSPS) is 16.5. The number of allylic oxidation sites excluding steroid dienone is 1. The molecule has 0 amide bonds. The first-order chi connectivity index (χ1) is 18.8. The van der Waals surface area contributed by atoms with Crippen molar-refractivity contribution in [1.82, 2.24) is 9.97 Å². The lowest BCUT2D eigenvalue weighted by Crippen LogP contribution is -2.29. The summed E-state index contributed by atoms with van der Waals surface area (Å²) in [6, 6.07) is 19.5. The number of para-hydroxylation sites is 2. The molecule has 6 heteroatoms. The third kappa shape index (κ3) is 4.81. The molecule has 39 heavy (non-hydrogen) atoms. The van der Waals surface area contributed by atoms with Crippen molar-refractivity contribution < 1.29 is 14.3 Å². The van der Waals surface area contributed by atoms with Gasteiger partial charge < -0.3 is 9.72 Å². The van der Waals surface area contributed by atoms with Crippen LogP contribution in [0.15, 0.2) is 72.2 Å². The first-order valence-electron chi connectivity index (χ1n) is 13.2. The topological polar surface area (TPSA) is 72.0 Å². The molecule has 2 aromatic carbocycles. The van der Waals surface area contributed by atoms with Crippen LogP contribution < -0.4 is 0 Å². The maximum Gasteiger partial charge on any atom is 0.339 e. The van der Waals surface area contributed by atoms with Crippen molar-refractivity contribution in [1.29, 1.82) is 0 Å². The number of nitrogens with zero attached hydrogens (tertiary/aromatic N) is 1. The van der Waals surface area contributed by atoms with Crippen LogP contribution in [-0.4, -0.2) is 28.3 Å². The largest absolute Gasteiger partial charge is 0.454 e. The van der Waals surface area contributed by atoms with E-state index in [4.69, 9.17) is 9.72 Å². The van der Waals surface area contributed by atoms with Gasteiger partial charge in [0.15, 0.2) is 6.61 Å². The summed E-state index contributed by atoms with van der Waals surface area (Å²) in [5.41, 5.74) is 5.60. The van der Waals surface area contributed by atoms with Gasteiger partial charge in [-0.15, -0.1) is 11.3 Å². The van der Waals surface area contributed by atoms with Gasteiger partial charge in [0.05, 0.1) is 16.8 Å². The SMILES string of the molecule is CC(C)(C)[C@@H]1C/C(=C\c2cccs2)c2nc3ccccc3c(C(=O)OCC(=O)c3c[nH]c4ccccc34)c2C1. The minimum atomic E-state index is -0.483. The number of aromatic amines is 1. The van der Waals surface area contributed by atoms with Crippen LogP contribution in [0, 0.1) is 11.3 Å². The Hall–Kier alpha value is -4.03. The van der Waals surface area contributed by atoms with Crippen LogP contribution in [0.2, 0.25) is 0 Å². The summed E-state index contributed by atoms with van der Waals surface area (Å²) in [7, 11) is 0. The van der Waals surface area contributed by atoms with Crippen LogP contribution in [0.4, 0.5) is 0 Å². The molecule has 0 radical (unpaired) electrons. The number of nitrogens with one attached hydrogen (secondary N) is 1. The lowest BCUT2D eigenvalue weighted by molar-refractivity contribution is 0.0475. The molecule has 196 valence electrons. The van der Waals surface area contributed by atoms with E-state index in [1.165, 1.54) is 0 Å². The highest BCUT2D eigenvalue weighted by Gasteiger charge is 2.35. The Morgan fingerprint density at radius 2 is 1.79 bits per heavy atom. The standard InChI is InChI=1S/C33H30N2O3S/c1-33(2,3)21-15-20(16-22-9-8-14-39-22)31-25(17-21)30(24-11-5-7-13-28(24)35-31)32(37)38-19-29(36)26-18-34-27-12-6-4-10-23(26)27/h4-14,16,18,21,34H,15,17,19H2,1-3H3/b20-16+/t21-/m1/s1. The fourth-order valence-corrected chi connectivity index (χ4v) is 6.18. The summed E-state index contributed by atoms with van der Waals surface area (Å²) in [6.45, 7) is 6.42. The van der Waals surface area contributed by atoms with E-state index in [0.29, 0.717) is 17.0 Å². The highest BCUT2D eigenvalue weighted by molar-refractivity contribution is 7.10. The van der Waals surface area contributed by atoms with Crippen LogP contribution in [0.1, 0.15) is 64.0 Å². The van der Waals surface area contributed by atoms with Crippen molar-refractivity contribution in [3.05, 3.63) is 99.5 Å². The molecule has 0 saturated carbocycles. The number of fused-ring (bicyclic) bond motifs is 3. The number of H-pyrrole nitrogens is 1. The Morgan fingerprint density at radius 3 is 2.56 bits per heavy atom. The highest BCUT2D eigenvalue weighted by atomic mass is 32.1. The lowest BCUT2D eigenvalue weighted by Gasteiger charge is -2.36. The molecule has 0 unspecified atom stereocenters. The van der Waals surface area contributed by atoms with Crippen LogP contribution in [0.3, 0.4) is 0 Å². The highest BCUT2D eigenvalue weighted by Crippen LogP contribution is 2.45. The zero-order valence-electron chi connectivity index (χ0n) is 22.3. The number of esters is 1. The molecule has 3 aromatic heterocycles. The summed E-state index contributed by atoms with van der Waals surface area (Å²) in [5, 5.41) is 3.64. The number of thiophene rings is 1. The van der Waals surface area contributed by atoms with Gasteiger partial charge in [0, 0.05) is 32.9 Å². The van der Waals surface area contributed by atoms with Crippen molar-refractivity contribution in [2.24, 2.45) is 11.3 Å². The van der Waals surface area contributed by atoms with Gasteiger partial charge >= 0.3 is 5.97 Å². The molecule has 0 saturated heterocycles. The summed E-state index contributed by atoms with van der Waals surface area (Å²) in [6.07, 6.45) is 5.49.